The minimum absolute atomic E-state index is 0.0750. The fourth-order valence-corrected chi connectivity index (χ4v) is 2.53. The predicted octanol–water partition coefficient (Wildman–Crippen LogP) is 5.82. The number of nitrogens with zero attached hydrogens (tertiary/aromatic N) is 2. The number of azo groups is 1. The monoisotopic (exact) mass is 380 g/mol. The summed E-state index contributed by atoms with van der Waals surface area (Å²) in [7, 11) is 0. The van der Waals surface area contributed by atoms with Crippen molar-refractivity contribution in [3.8, 4) is 11.1 Å². The van der Waals surface area contributed by atoms with Gasteiger partial charge in [0.05, 0.1) is 22.5 Å². The molecule has 0 bridgehead atoms. The van der Waals surface area contributed by atoms with Crippen LogP contribution in [0.4, 0.5) is 11.4 Å². The lowest BCUT2D eigenvalue weighted by atomic mass is 10.0. The average molecular weight is 381 g/mol. The number of carboxylic acids is 2. The van der Waals surface area contributed by atoms with Crippen LogP contribution in [0.15, 0.2) is 77.0 Å². The SMILES string of the molecule is O=C(O)c1ccc(-c2ccc(C(=O)O)cc2N=Nc2ccc(Cl)cc2)cc1. The van der Waals surface area contributed by atoms with Gasteiger partial charge in [0.2, 0.25) is 0 Å². The number of halogens is 1. The van der Waals surface area contributed by atoms with Crippen LogP contribution in [0.3, 0.4) is 0 Å². The van der Waals surface area contributed by atoms with Crippen LogP contribution < -0.4 is 0 Å². The zero-order valence-corrected chi connectivity index (χ0v) is 14.6. The Morgan fingerprint density at radius 2 is 1.33 bits per heavy atom. The van der Waals surface area contributed by atoms with Gasteiger partial charge in [0.1, 0.15) is 0 Å². The molecule has 7 heteroatoms. The molecule has 0 aliphatic carbocycles. The molecule has 0 aliphatic heterocycles. The molecular weight excluding hydrogens is 368 g/mol. The lowest BCUT2D eigenvalue weighted by Gasteiger charge is -2.07. The van der Waals surface area contributed by atoms with Crippen LogP contribution in [0, 0.1) is 0 Å². The molecule has 0 atom stereocenters. The van der Waals surface area contributed by atoms with Gasteiger partial charge in [-0.3, -0.25) is 0 Å². The lowest BCUT2D eigenvalue weighted by molar-refractivity contribution is 0.0686. The Hall–Kier alpha value is -3.51. The highest BCUT2D eigenvalue weighted by Gasteiger charge is 2.11. The van der Waals surface area contributed by atoms with Crippen molar-refractivity contribution in [1.29, 1.82) is 0 Å². The fourth-order valence-electron chi connectivity index (χ4n) is 2.40. The van der Waals surface area contributed by atoms with Crippen molar-refractivity contribution < 1.29 is 19.8 Å². The Labute approximate surface area is 159 Å². The molecule has 27 heavy (non-hydrogen) atoms. The summed E-state index contributed by atoms with van der Waals surface area (Å²) in [6.45, 7) is 0. The van der Waals surface area contributed by atoms with Crippen LogP contribution in [0.25, 0.3) is 11.1 Å². The van der Waals surface area contributed by atoms with Crippen molar-refractivity contribution in [1.82, 2.24) is 0 Å². The van der Waals surface area contributed by atoms with Crippen LogP contribution >= 0.6 is 11.6 Å². The van der Waals surface area contributed by atoms with E-state index in [4.69, 9.17) is 16.7 Å². The number of hydrogen-bond donors (Lipinski definition) is 2. The molecule has 0 unspecified atom stereocenters. The van der Waals surface area contributed by atoms with E-state index in [9.17, 15) is 14.7 Å². The molecule has 0 aromatic heterocycles. The van der Waals surface area contributed by atoms with Gasteiger partial charge in [-0.1, -0.05) is 29.8 Å². The minimum atomic E-state index is -1.08. The van der Waals surface area contributed by atoms with Gasteiger partial charge in [-0.05, 0) is 54.1 Å². The zero-order chi connectivity index (χ0) is 19.4. The van der Waals surface area contributed by atoms with Gasteiger partial charge < -0.3 is 10.2 Å². The normalized spacial score (nSPS) is 10.9. The second kappa shape index (κ2) is 7.80. The molecule has 0 saturated carbocycles. The standard InChI is InChI=1S/C20H13ClN2O4/c21-15-6-8-16(9-7-15)22-23-18-11-14(20(26)27)5-10-17(18)12-1-3-13(4-2-12)19(24)25/h1-11H,(H,24,25)(H,26,27). The Balaban J connectivity index is 2.03. The van der Waals surface area contributed by atoms with Crippen molar-refractivity contribution in [3.63, 3.8) is 0 Å². The summed E-state index contributed by atoms with van der Waals surface area (Å²) in [4.78, 5) is 22.3. The van der Waals surface area contributed by atoms with Gasteiger partial charge in [0.25, 0.3) is 0 Å². The van der Waals surface area contributed by atoms with Crippen LogP contribution in [-0.4, -0.2) is 22.2 Å². The first-order valence-corrected chi connectivity index (χ1v) is 8.20. The minimum Gasteiger partial charge on any atom is -0.478 e. The van der Waals surface area contributed by atoms with E-state index in [1.54, 1.807) is 42.5 Å². The van der Waals surface area contributed by atoms with E-state index in [1.165, 1.54) is 24.3 Å². The average Bonchev–Trinajstić information content (AvgIpc) is 2.67. The molecule has 3 aromatic carbocycles. The number of hydrogen-bond acceptors (Lipinski definition) is 4. The molecule has 6 nitrogen and oxygen atoms in total. The van der Waals surface area contributed by atoms with Crippen molar-refractivity contribution in [2.75, 3.05) is 0 Å². The third-order valence-corrected chi connectivity index (χ3v) is 4.04. The quantitative estimate of drug-likeness (QED) is 0.545. The maximum atomic E-state index is 11.3. The number of rotatable bonds is 5. The van der Waals surface area contributed by atoms with E-state index >= 15 is 0 Å². The maximum Gasteiger partial charge on any atom is 0.335 e. The Morgan fingerprint density at radius 3 is 1.93 bits per heavy atom. The summed E-state index contributed by atoms with van der Waals surface area (Å²) in [6, 6.07) is 17.5. The summed E-state index contributed by atoms with van der Waals surface area (Å²) in [5, 5.41) is 27.1. The summed E-state index contributed by atoms with van der Waals surface area (Å²) < 4.78 is 0. The van der Waals surface area contributed by atoms with Crippen LogP contribution in [-0.2, 0) is 0 Å². The van der Waals surface area contributed by atoms with Gasteiger partial charge >= 0.3 is 11.9 Å². The van der Waals surface area contributed by atoms with Crippen LogP contribution in [0.1, 0.15) is 20.7 Å². The van der Waals surface area contributed by atoms with Crippen LogP contribution in [0.5, 0.6) is 0 Å². The zero-order valence-electron chi connectivity index (χ0n) is 13.8. The molecule has 0 radical (unpaired) electrons. The van der Waals surface area contributed by atoms with Gasteiger partial charge in [-0.2, -0.15) is 5.11 Å². The third-order valence-electron chi connectivity index (χ3n) is 3.79. The van der Waals surface area contributed by atoms with Crippen molar-refractivity contribution in [2.45, 2.75) is 0 Å². The number of carboxylic acid groups (broad SMARTS) is 2. The summed E-state index contributed by atoms with van der Waals surface area (Å²) in [5.41, 5.74) is 2.48. The molecule has 3 rings (SSSR count). The van der Waals surface area contributed by atoms with Crippen molar-refractivity contribution >= 4 is 34.9 Å². The van der Waals surface area contributed by atoms with Gasteiger partial charge in [0, 0.05) is 10.6 Å². The topological polar surface area (TPSA) is 99.3 Å². The highest BCUT2D eigenvalue weighted by atomic mass is 35.5. The van der Waals surface area contributed by atoms with E-state index in [0.29, 0.717) is 27.5 Å². The fraction of sp³-hybridized carbons (Fsp3) is 0. The summed E-state index contributed by atoms with van der Waals surface area (Å²) in [5.74, 6) is -2.10. The van der Waals surface area contributed by atoms with E-state index in [1.807, 2.05) is 0 Å². The molecule has 2 N–H and O–H groups in total. The highest BCUT2D eigenvalue weighted by Crippen LogP contribution is 2.33. The van der Waals surface area contributed by atoms with Gasteiger partial charge in [-0.15, -0.1) is 5.11 Å². The Bertz CT molecular complexity index is 1030. The Morgan fingerprint density at radius 1 is 0.741 bits per heavy atom. The second-order valence-corrected chi connectivity index (χ2v) is 6.03. The maximum absolute atomic E-state index is 11.3. The second-order valence-electron chi connectivity index (χ2n) is 5.60. The van der Waals surface area contributed by atoms with E-state index in [-0.39, 0.29) is 11.1 Å². The molecule has 134 valence electrons. The molecule has 0 saturated heterocycles. The Kier molecular flexibility index (Phi) is 5.28. The largest absolute Gasteiger partial charge is 0.478 e. The van der Waals surface area contributed by atoms with Gasteiger partial charge in [0.15, 0.2) is 0 Å². The first kappa shape index (κ1) is 18.3. The number of benzene rings is 3. The van der Waals surface area contributed by atoms with E-state index in [0.717, 1.165) is 0 Å². The summed E-state index contributed by atoms with van der Waals surface area (Å²) >= 11 is 5.85. The third kappa shape index (κ3) is 4.37. The van der Waals surface area contributed by atoms with E-state index < -0.39 is 11.9 Å². The predicted molar refractivity (Wildman–Crippen MR) is 101 cm³/mol. The molecule has 0 heterocycles. The molecule has 0 fully saturated rings. The molecular formula is C20H13ClN2O4. The molecule has 0 spiro atoms. The van der Waals surface area contributed by atoms with E-state index in [2.05, 4.69) is 10.2 Å². The first-order chi connectivity index (χ1) is 12.9. The highest BCUT2D eigenvalue weighted by molar-refractivity contribution is 6.30. The molecule has 0 aliphatic rings. The van der Waals surface area contributed by atoms with Gasteiger partial charge in [-0.25, -0.2) is 9.59 Å². The number of aromatic carboxylic acids is 2. The molecule has 0 amide bonds. The van der Waals surface area contributed by atoms with Crippen molar-refractivity contribution in [2.24, 2.45) is 10.2 Å². The van der Waals surface area contributed by atoms with Crippen LogP contribution in [0.2, 0.25) is 5.02 Å². The first-order valence-electron chi connectivity index (χ1n) is 7.82. The lowest BCUT2D eigenvalue weighted by Crippen LogP contribution is -1.96. The molecule has 3 aromatic rings. The number of carbonyl (C=O) groups is 2. The van der Waals surface area contributed by atoms with Crippen molar-refractivity contribution in [3.05, 3.63) is 82.9 Å². The smallest absolute Gasteiger partial charge is 0.335 e. The summed E-state index contributed by atoms with van der Waals surface area (Å²) in [6.07, 6.45) is 0.